The molecule has 0 spiro atoms. The van der Waals surface area contributed by atoms with Crippen LogP contribution in [-0.4, -0.2) is 38.6 Å². The first-order valence-electron chi connectivity index (χ1n) is 8.29. The van der Waals surface area contributed by atoms with Crippen molar-refractivity contribution in [2.75, 3.05) is 26.8 Å². The van der Waals surface area contributed by atoms with E-state index in [9.17, 15) is 9.59 Å². The molecule has 2 N–H and O–H groups in total. The van der Waals surface area contributed by atoms with Crippen molar-refractivity contribution in [3.8, 4) is 11.5 Å². The summed E-state index contributed by atoms with van der Waals surface area (Å²) >= 11 is 6.17. The quantitative estimate of drug-likeness (QED) is 0.519. The van der Waals surface area contributed by atoms with Crippen LogP contribution in [-0.2, 0) is 9.59 Å². The first-order valence-corrected chi connectivity index (χ1v) is 8.67. The van der Waals surface area contributed by atoms with Crippen molar-refractivity contribution in [1.29, 1.82) is 0 Å². The summed E-state index contributed by atoms with van der Waals surface area (Å²) in [6, 6.07) is 3.45. The number of methoxy groups -OCH3 is 1. The number of ether oxygens (including phenoxy) is 2. The summed E-state index contributed by atoms with van der Waals surface area (Å²) in [4.78, 5) is 23.3. The van der Waals surface area contributed by atoms with Crippen molar-refractivity contribution in [3.63, 3.8) is 0 Å². The van der Waals surface area contributed by atoms with Crippen molar-refractivity contribution in [3.05, 3.63) is 28.8 Å². The number of amides is 2. The summed E-state index contributed by atoms with van der Waals surface area (Å²) in [7, 11) is 1.52. The molecule has 0 saturated heterocycles. The highest BCUT2D eigenvalue weighted by atomic mass is 35.5. The summed E-state index contributed by atoms with van der Waals surface area (Å²) in [6.07, 6.45) is 4.99. The maximum absolute atomic E-state index is 11.8. The molecule has 0 unspecified atom stereocenters. The van der Waals surface area contributed by atoms with Crippen LogP contribution in [0.4, 0.5) is 0 Å². The van der Waals surface area contributed by atoms with Gasteiger partial charge in [-0.15, -0.1) is 0 Å². The number of benzene rings is 1. The van der Waals surface area contributed by atoms with E-state index >= 15 is 0 Å². The van der Waals surface area contributed by atoms with Crippen LogP contribution in [0.2, 0.25) is 5.02 Å². The lowest BCUT2D eigenvalue weighted by Crippen LogP contribution is -2.34. The van der Waals surface area contributed by atoms with Crippen molar-refractivity contribution in [2.24, 2.45) is 5.92 Å². The Bertz CT molecular complexity index is 657. The van der Waals surface area contributed by atoms with Crippen LogP contribution >= 0.6 is 11.6 Å². The van der Waals surface area contributed by atoms with Gasteiger partial charge in [0.15, 0.2) is 11.5 Å². The van der Waals surface area contributed by atoms with Gasteiger partial charge in [-0.1, -0.05) is 11.6 Å². The monoisotopic (exact) mass is 366 g/mol. The third kappa shape index (κ3) is 5.98. The summed E-state index contributed by atoms with van der Waals surface area (Å²) in [5.74, 6) is 0.999. The molecule has 0 radical (unpaired) electrons. The average molecular weight is 367 g/mol. The van der Waals surface area contributed by atoms with Gasteiger partial charge < -0.3 is 20.1 Å². The number of carbonyl (C=O) groups excluding carboxylic acids is 2. The zero-order chi connectivity index (χ0) is 18.2. The fourth-order valence-corrected chi connectivity index (χ4v) is 2.53. The molecule has 0 bridgehead atoms. The average Bonchev–Trinajstić information content (AvgIpc) is 3.42. The van der Waals surface area contributed by atoms with Crippen molar-refractivity contribution in [2.45, 2.75) is 19.8 Å². The Hall–Kier alpha value is -2.21. The molecule has 1 aromatic carbocycles. The summed E-state index contributed by atoms with van der Waals surface area (Å²) in [5, 5.41) is 5.92. The molecule has 2 rings (SSSR count). The van der Waals surface area contributed by atoms with Gasteiger partial charge in [-0.3, -0.25) is 9.59 Å². The van der Waals surface area contributed by atoms with Crippen LogP contribution in [0.25, 0.3) is 6.08 Å². The van der Waals surface area contributed by atoms with E-state index in [1.165, 1.54) is 13.2 Å². The first-order chi connectivity index (χ1) is 12.0. The lowest BCUT2D eigenvalue weighted by atomic mass is 10.2. The molecule has 1 aliphatic rings. The summed E-state index contributed by atoms with van der Waals surface area (Å²) in [5.41, 5.74) is 0.728. The Morgan fingerprint density at radius 3 is 2.64 bits per heavy atom. The van der Waals surface area contributed by atoms with Gasteiger partial charge in [-0.25, -0.2) is 0 Å². The SMILES string of the molecule is CCOc1cc(/C=C/C(=O)NCCNC(=O)C2CC2)cc(Cl)c1OC. The minimum atomic E-state index is -0.245. The van der Waals surface area contributed by atoms with E-state index < -0.39 is 0 Å². The molecule has 0 aliphatic heterocycles. The van der Waals surface area contributed by atoms with Crippen LogP contribution in [0, 0.1) is 5.92 Å². The lowest BCUT2D eigenvalue weighted by Gasteiger charge is -2.11. The molecule has 136 valence electrons. The van der Waals surface area contributed by atoms with Crippen LogP contribution in [0.15, 0.2) is 18.2 Å². The second-order valence-electron chi connectivity index (χ2n) is 5.66. The molecule has 7 heteroatoms. The maximum Gasteiger partial charge on any atom is 0.244 e. The lowest BCUT2D eigenvalue weighted by molar-refractivity contribution is -0.122. The fraction of sp³-hybridized carbons (Fsp3) is 0.444. The molecular formula is C18H23ClN2O4. The smallest absolute Gasteiger partial charge is 0.244 e. The zero-order valence-corrected chi connectivity index (χ0v) is 15.2. The fourth-order valence-electron chi connectivity index (χ4n) is 2.24. The van der Waals surface area contributed by atoms with Crippen LogP contribution in [0.3, 0.4) is 0 Å². The second kappa shape index (κ2) is 9.32. The van der Waals surface area contributed by atoms with E-state index in [0.29, 0.717) is 36.2 Å². The molecule has 0 aromatic heterocycles. The predicted molar refractivity (Wildman–Crippen MR) is 97.0 cm³/mol. The number of carbonyl (C=O) groups is 2. The van der Waals surface area contributed by atoms with E-state index in [2.05, 4.69) is 10.6 Å². The topological polar surface area (TPSA) is 76.7 Å². The molecule has 6 nitrogen and oxygen atoms in total. The number of halogens is 1. The molecule has 0 heterocycles. The van der Waals surface area contributed by atoms with Gasteiger partial charge in [-0.2, -0.15) is 0 Å². The molecule has 0 atom stereocenters. The van der Waals surface area contributed by atoms with Gasteiger partial charge in [0.05, 0.1) is 18.7 Å². The Morgan fingerprint density at radius 2 is 2.00 bits per heavy atom. The Labute approximate surface area is 152 Å². The number of nitrogens with one attached hydrogen (secondary N) is 2. The van der Waals surface area contributed by atoms with Gasteiger partial charge in [-0.05, 0) is 43.5 Å². The number of rotatable bonds is 9. The Morgan fingerprint density at radius 1 is 1.28 bits per heavy atom. The third-order valence-electron chi connectivity index (χ3n) is 3.63. The summed E-state index contributed by atoms with van der Waals surface area (Å²) < 4.78 is 10.7. The first kappa shape index (κ1) is 19.1. The molecule has 1 aromatic rings. The largest absolute Gasteiger partial charge is 0.491 e. The summed E-state index contributed by atoms with van der Waals surface area (Å²) in [6.45, 7) is 3.16. The molecule has 1 saturated carbocycles. The molecule has 1 aliphatic carbocycles. The van der Waals surface area contributed by atoms with Gasteiger partial charge in [0.25, 0.3) is 0 Å². The highest BCUT2D eigenvalue weighted by Gasteiger charge is 2.28. The minimum Gasteiger partial charge on any atom is -0.491 e. The zero-order valence-electron chi connectivity index (χ0n) is 14.4. The van der Waals surface area contributed by atoms with Gasteiger partial charge in [0.1, 0.15) is 0 Å². The number of hydrogen-bond acceptors (Lipinski definition) is 4. The molecule has 25 heavy (non-hydrogen) atoms. The van der Waals surface area contributed by atoms with Crippen molar-refractivity contribution in [1.82, 2.24) is 10.6 Å². The molecule has 1 fully saturated rings. The highest BCUT2D eigenvalue weighted by Crippen LogP contribution is 2.36. The van der Waals surface area contributed by atoms with Crippen LogP contribution in [0.5, 0.6) is 11.5 Å². The van der Waals surface area contributed by atoms with Gasteiger partial charge in [0.2, 0.25) is 11.8 Å². The van der Waals surface area contributed by atoms with E-state index in [0.717, 1.165) is 18.4 Å². The van der Waals surface area contributed by atoms with Crippen LogP contribution < -0.4 is 20.1 Å². The second-order valence-corrected chi connectivity index (χ2v) is 6.06. The van der Waals surface area contributed by atoms with Crippen molar-refractivity contribution >= 4 is 29.5 Å². The van der Waals surface area contributed by atoms with E-state index in [1.807, 2.05) is 6.92 Å². The van der Waals surface area contributed by atoms with E-state index in [4.69, 9.17) is 21.1 Å². The predicted octanol–water partition coefficient (Wildman–Crippen LogP) is 2.40. The molecule has 2 amide bonds. The third-order valence-corrected chi connectivity index (χ3v) is 3.92. The van der Waals surface area contributed by atoms with E-state index in [-0.39, 0.29) is 17.7 Å². The van der Waals surface area contributed by atoms with Crippen molar-refractivity contribution < 1.29 is 19.1 Å². The van der Waals surface area contributed by atoms with Crippen LogP contribution in [0.1, 0.15) is 25.3 Å². The normalized spacial score (nSPS) is 13.6. The van der Waals surface area contributed by atoms with E-state index in [1.54, 1.807) is 18.2 Å². The standard InChI is InChI=1S/C18H23ClN2O4/c1-3-25-15-11-12(10-14(19)17(15)24-2)4-7-16(22)20-8-9-21-18(23)13-5-6-13/h4,7,10-11,13H,3,5-6,8-9H2,1-2H3,(H,20,22)(H,21,23)/b7-4+. The Balaban J connectivity index is 1.84. The highest BCUT2D eigenvalue weighted by molar-refractivity contribution is 6.32. The maximum atomic E-state index is 11.8. The molecular weight excluding hydrogens is 344 g/mol. The Kier molecular flexibility index (Phi) is 7.13. The van der Waals surface area contributed by atoms with Gasteiger partial charge >= 0.3 is 0 Å². The number of hydrogen-bond donors (Lipinski definition) is 2. The van der Waals surface area contributed by atoms with Gasteiger partial charge in [0, 0.05) is 25.1 Å². The minimum absolute atomic E-state index is 0.0705.